The lowest BCUT2D eigenvalue weighted by Gasteiger charge is -2.46. The standard InChI is InChI=1S/C26H30N4O3/c31-19-24(32)28-17-23-18-29(26(33)22-12-7-13-27-16-22)14-15-30(23)25(20-8-3-1-4-9-20)21-10-5-2-6-11-21/h1-13,16,23-25,28,31-32H,14-15,17-19H2. The van der Waals surface area contributed by atoms with E-state index in [0.717, 1.165) is 0 Å². The van der Waals surface area contributed by atoms with Crippen molar-refractivity contribution in [1.82, 2.24) is 20.1 Å². The first-order valence-corrected chi connectivity index (χ1v) is 11.2. The highest BCUT2D eigenvalue weighted by molar-refractivity contribution is 5.94. The van der Waals surface area contributed by atoms with Crippen molar-refractivity contribution in [3.05, 3.63) is 102 Å². The molecule has 0 bridgehead atoms. The van der Waals surface area contributed by atoms with Crippen LogP contribution in [-0.2, 0) is 0 Å². The zero-order valence-electron chi connectivity index (χ0n) is 18.5. The van der Waals surface area contributed by atoms with Gasteiger partial charge in [0.1, 0.15) is 6.23 Å². The fourth-order valence-corrected chi connectivity index (χ4v) is 4.43. The fraction of sp³-hybridized carbons (Fsp3) is 0.308. The van der Waals surface area contributed by atoms with Crippen LogP contribution in [0.4, 0.5) is 0 Å². The first kappa shape index (κ1) is 23.1. The maximum absolute atomic E-state index is 13.1. The molecule has 3 N–H and O–H groups in total. The van der Waals surface area contributed by atoms with E-state index in [1.807, 2.05) is 41.3 Å². The molecule has 172 valence electrons. The highest BCUT2D eigenvalue weighted by atomic mass is 16.3. The predicted octanol–water partition coefficient (Wildman–Crippen LogP) is 1.90. The summed E-state index contributed by atoms with van der Waals surface area (Å²) in [6, 6.07) is 24.1. The van der Waals surface area contributed by atoms with Crippen molar-refractivity contribution in [3.63, 3.8) is 0 Å². The van der Waals surface area contributed by atoms with E-state index in [0.29, 0.717) is 31.7 Å². The number of carbonyl (C=O) groups is 1. The third-order valence-corrected chi connectivity index (χ3v) is 6.05. The van der Waals surface area contributed by atoms with Gasteiger partial charge < -0.3 is 15.1 Å². The van der Waals surface area contributed by atoms with Crippen LogP contribution in [0, 0.1) is 0 Å². The van der Waals surface area contributed by atoms with E-state index in [2.05, 4.69) is 39.5 Å². The third-order valence-electron chi connectivity index (χ3n) is 6.05. The molecule has 1 amide bonds. The Kier molecular flexibility index (Phi) is 7.80. The average molecular weight is 447 g/mol. The smallest absolute Gasteiger partial charge is 0.255 e. The topological polar surface area (TPSA) is 88.9 Å². The van der Waals surface area contributed by atoms with Gasteiger partial charge in [0.25, 0.3) is 5.91 Å². The van der Waals surface area contributed by atoms with Gasteiger partial charge in [-0.2, -0.15) is 0 Å². The molecule has 2 aromatic carbocycles. The molecular weight excluding hydrogens is 416 g/mol. The second kappa shape index (κ2) is 11.2. The van der Waals surface area contributed by atoms with Crippen molar-refractivity contribution >= 4 is 5.91 Å². The number of amides is 1. The van der Waals surface area contributed by atoms with E-state index >= 15 is 0 Å². The van der Waals surface area contributed by atoms with E-state index in [9.17, 15) is 15.0 Å². The summed E-state index contributed by atoms with van der Waals surface area (Å²) in [7, 11) is 0. The number of piperazine rings is 1. The summed E-state index contributed by atoms with van der Waals surface area (Å²) in [6.45, 7) is 1.81. The fourth-order valence-electron chi connectivity index (χ4n) is 4.43. The van der Waals surface area contributed by atoms with Crippen molar-refractivity contribution in [2.24, 2.45) is 0 Å². The summed E-state index contributed by atoms with van der Waals surface area (Å²) < 4.78 is 0. The Labute approximate surface area is 194 Å². The molecule has 2 atom stereocenters. The van der Waals surface area contributed by atoms with Gasteiger partial charge in [-0.05, 0) is 23.3 Å². The Balaban J connectivity index is 1.63. The normalized spacial score (nSPS) is 17.8. The molecular formula is C26H30N4O3. The molecule has 7 heteroatoms. The van der Waals surface area contributed by atoms with Gasteiger partial charge in [0.2, 0.25) is 0 Å². The first-order valence-electron chi connectivity index (χ1n) is 11.2. The third kappa shape index (κ3) is 5.64. The molecule has 33 heavy (non-hydrogen) atoms. The lowest BCUT2D eigenvalue weighted by Crippen LogP contribution is -2.59. The summed E-state index contributed by atoms with van der Waals surface area (Å²) in [5, 5.41) is 22.2. The summed E-state index contributed by atoms with van der Waals surface area (Å²) in [4.78, 5) is 21.4. The van der Waals surface area contributed by atoms with Gasteiger partial charge in [-0.1, -0.05) is 60.7 Å². The van der Waals surface area contributed by atoms with Gasteiger partial charge in [-0.3, -0.25) is 20.0 Å². The molecule has 0 radical (unpaired) electrons. The summed E-state index contributed by atoms with van der Waals surface area (Å²) >= 11 is 0. The van der Waals surface area contributed by atoms with Gasteiger partial charge in [0, 0.05) is 44.6 Å². The zero-order chi connectivity index (χ0) is 23.0. The maximum atomic E-state index is 13.1. The molecule has 7 nitrogen and oxygen atoms in total. The Bertz CT molecular complexity index is 964. The summed E-state index contributed by atoms with van der Waals surface area (Å²) in [6.07, 6.45) is 2.24. The van der Waals surface area contributed by atoms with Crippen LogP contribution in [0.15, 0.2) is 85.2 Å². The molecule has 1 saturated heterocycles. The van der Waals surface area contributed by atoms with Crippen LogP contribution in [-0.4, -0.2) is 76.0 Å². The molecule has 0 spiro atoms. The quantitative estimate of drug-likeness (QED) is 0.458. The maximum Gasteiger partial charge on any atom is 0.255 e. The average Bonchev–Trinajstić information content (AvgIpc) is 2.89. The summed E-state index contributed by atoms with van der Waals surface area (Å²) in [5.74, 6) is -0.0496. The van der Waals surface area contributed by atoms with Crippen LogP contribution in [0.5, 0.6) is 0 Å². The number of pyridine rings is 1. The Morgan fingerprint density at radius 3 is 2.24 bits per heavy atom. The van der Waals surface area contributed by atoms with Crippen molar-refractivity contribution < 1.29 is 15.0 Å². The predicted molar refractivity (Wildman–Crippen MR) is 126 cm³/mol. The number of rotatable bonds is 8. The first-order chi connectivity index (χ1) is 16.2. The largest absolute Gasteiger partial charge is 0.392 e. The Hall–Kier alpha value is -3.10. The van der Waals surface area contributed by atoms with Crippen molar-refractivity contribution in [3.8, 4) is 0 Å². The monoisotopic (exact) mass is 446 g/mol. The van der Waals surface area contributed by atoms with Gasteiger partial charge >= 0.3 is 0 Å². The highest BCUT2D eigenvalue weighted by Crippen LogP contribution is 2.32. The van der Waals surface area contributed by atoms with E-state index in [4.69, 9.17) is 0 Å². The number of aromatic nitrogens is 1. The molecule has 2 heterocycles. The number of aliphatic hydroxyl groups is 2. The lowest BCUT2D eigenvalue weighted by atomic mass is 9.94. The van der Waals surface area contributed by atoms with Crippen molar-refractivity contribution in [2.75, 3.05) is 32.8 Å². The van der Waals surface area contributed by atoms with Crippen LogP contribution in [0.25, 0.3) is 0 Å². The Morgan fingerprint density at radius 1 is 1.00 bits per heavy atom. The van der Waals surface area contributed by atoms with Crippen LogP contribution < -0.4 is 5.32 Å². The molecule has 3 aromatic rings. The molecule has 1 aliphatic rings. The second-order valence-electron chi connectivity index (χ2n) is 8.22. The molecule has 0 aliphatic carbocycles. The van der Waals surface area contributed by atoms with Crippen molar-refractivity contribution in [2.45, 2.75) is 18.3 Å². The van der Waals surface area contributed by atoms with Gasteiger partial charge in [-0.15, -0.1) is 0 Å². The van der Waals surface area contributed by atoms with Crippen LogP contribution >= 0.6 is 0 Å². The minimum atomic E-state index is -1.01. The van der Waals surface area contributed by atoms with E-state index in [-0.39, 0.29) is 24.6 Å². The van der Waals surface area contributed by atoms with E-state index < -0.39 is 6.23 Å². The number of nitrogens with zero attached hydrogens (tertiary/aromatic N) is 3. The SMILES string of the molecule is O=C(c1cccnc1)N1CCN(C(c2ccccc2)c2ccccc2)C(CNC(O)CO)C1. The molecule has 1 aromatic heterocycles. The van der Waals surface area contributed by atoms with Crippen LogP contribution in [0.1, 0.15) is 27.5 Å². The van der Waals surface area contributed by atoms with E-state index in [1.54, 1.807) is 24.5 Å². The van der Waals surface area contributed by atoms with Crippen LogP contribution in [0.2, 0.25) is 0 Å². The molecule has 0 saturated carbocycles. The van der Waals surface area contributed by atoms with Gasteiger partial charge in [0.15, 0.2) is 0 Å². The zero-order valence-corrected chi connectivity index (χ0v) is 18.5. The number of hydrogen-bond acceptors (Lipinski definition) is 6. The summed E-state index contributed by atoms with van der Waals surface area (Å²) in [5.41, 5.74) is 2.91. The number of hydrogen-bond donors (Lipinski definition) is 3. The van der Waals surface area contributed by atoms with E-state index in [1.165, 1.54) is 11.1 Å². The second-order valence-corrected chi connectivity index (χ2v) is 8.22. The van der Waals surface area contributed by atoms with Crippen LogP contribution in [0.3, 0.4) is 0 Å². The van der Waals surface area contributed by atoms with Gasteiger partial charge in [-0.25, -0.2) is 0 Å². The lowest BCUT2D eigenvalue weighted by molar-refractivity contribution is 0.0240. The number of benzene rings is 2. The Morgan fingerprint density at radius 2 is 1.67 bits per heavy atom. The number of carbonyl (C=O) groups excluding carboxylic acids is 1. The van der Waals surface area contributed by atoms with Crippen molar-refractivity contribution in [1.29, 1.82) is 0 Å². The number of nitrogens with one attached hydrogen (secondary N) is 1. The molecule has 2 unspecified atom stereocenters. The minimum Gasteiger partial charge on any atom is -0.392 e. The highest BCUT2D eigenvalue weighted by Gasteiger charge is 2.35. The molecule has 1 fully saturated rings. The number of aliphatic hydroxyl groups excluding tert-OH is 2. The molecule has 1 aliphatic heterocycles. The molecule has 4 rings (SSSR count). The van der Waals surface area contributed by atoms with Gasteiger partial charge in [0.05, 0.1) is 18.2 Å². The minimum absolute atomic E-state index is 0.00103.